The summed E-state index contributed by atoms with van der Waals surface area (Å²) in [5.41, 5.74) is 7.42. The summed E-state index contributed by atoms with van der Waals surface area (Å²) >= 11 is 1.72. The predicted molar refractivity (Wildman–Crippen MR) is 121 cm³/mol. The van der Waals surface area contributed by atoms with E-state index in [1.54, 1.807) is 11.3 Å². The van der Waals surface area contributed by atoms with Gasteiger partial charge in [0.05, 0.1) is 24.6 Å². The second-order valence-corrected chi connectivity index (χ2v) is 8.59. The van der Waals surface area contributed by atoms with Crippen LogP contribution in [0.1, 0.15) is 16.7 Å². The van der Waals surface area contributed by atoms with Gasteiger partial charge in [-0.25, -0.2) is 4.99 Å². The molecule has 0 N–H and O–H groups in total. The minimum atomic E-state index is 0.832. The third-order valence-corrected chi connectivity index (χ3v) is 6.47. The molecule has 1 saturated heterocycles. The fourth-order valence-corrected chi connectivity index (χ4v) is 4.52. The van der Waals surface area contributed by atoms with Crippen LogP contribution >= 0.6 is 11.3 Å². The van der Waals surface area contributed by atoms with Gasteiger partial charge in [0.1, 0.15) is 0 Å². The van der Waals surface area contributed by atoms with Crippen LogP contribution in [0.3, 0.4) is 0 Å². The van der Waals surface area contributed by atoms with E-state index in [0.29, 0.717) is 0 Å². The Hall–Kier alpha value is -2.21. The van der Waals surface area contributed by atoms with Crippen LogP contribution in [-0.2, 0) is 11.3 Å². The van der Waals surface area contributed by atoms with Gasteiger partial charge in [0.2, 0.25) is 0 Å². The molecule has 1 aromatic heterocycles. The summed E-state index contributed by atoms with van der Waals surface area (Å²) in [6, 6.07) is 15.2. The summed E-state index contributed by atoms with van der Waals surface area (Å²) in [7, 11) is 0. The molecule has 0 spiro atoms. The lowest BCUT2D eigenvalue weighted by molar-refractivity contribution is 0.0363. The van der Waals surface area contributed by atoms with E-state index < -0.39 is 0 Å². The average Bonchev–Trinajstić information content (AvgIpc) is 3.13. The molecule has 0 saturated carbocycles. The lowest BCUT2D eigenvalue weighted by Gasteiger charge is -2.26. The molecule has 0 unspecified atom stereocenters. The van der Waals surface area contributed by atoms with Crippen LogP contribution in [0.25, 0.3) is 11.3 Å². The number of morpholine rings is 1. The maximum Gasteiger partial charge on any atom is 0.190 e. The van der Waals surface area contributed by atoms with E-state index in [4.69, 9.17) is 9.73 Å². The van der Waals surface area contributed by atoms with Crippen LogP contribution in [-0.4, -0.2) is 42.3 Å². The summed E-state index contributed by atoms with van der Waals surface area (Å²) in [4.78, 5) is 8.50. The summed E-state index contributed by atoms with van der Waals surface area (Å²) in [5, 5.41) is 2.25. The summed E-state index contributed by atoms with van der Waals surface area (Å²) in [6.45, 7) is 12.1. The quantitative estimate of drug-likeness (QED) is 0.613. The first-order chi connectivity index (χ1) is 14.1. The number of nitrogens with zero attached hydrogens (tertiary/aromatic N) is 3. The number of ether oxygens (including phenoxy) is 1. The van der Waals surface area contributed by atoms with Crippen molar-refractivity contribution in [2.24, 2.45) is 4.99 Å². The molecule has 0 bridgehead atoms. The molecule has 3 aromatic rings. The number of aromatic nitrogens is 1. The Morgan fingerprint density at radius 1 is 0.931 bits per heavy atom. The molecule has 2 heterocycles. The average molecular weight is 408 g/mol. The molecular formula is C24H29N3OS. The van der Waals surface area contributed by atoms with E-state index in [1.165, 1.54) is 27.9 Å². The fourth-order valence-electron chi connectivity index (χ4n) is 3.56. The van der Waals surface area contributed by atoms with E-state index in [1.807, 2.05) is 0 Å². The maximum atomic E-state index is 5.50. The Kier molecular flexibility index (Phi) is 6.28. The molecule has 0 radical (unpaired) electrons. The Labute approximate surface area is 177 Å². The number of hydrogen-bond acceptors (Lipinski definition) is 4. The highest BCUT2D eigenvalue weighted by Crippen LogP contribution is 2.23. The summed E-state index contributed by atoms with van der Waals surface area (Å²) < 4.78 is 7.88. The monoisotopic (exact) mass is 407 g/mol. The van der Waals surface area contributed by atoms with E-state index in [0.717, 1.165) is 49.9 Å². The van der Waals surface area contributed by atoms with Gasteiger partial charge in [-0.1, -0.05) is 29.8 Å². The molecule has 1 fully saturated rings. The van der Waals surface area contributed by atoms with Gasteiger partial charge in [-0.2, -0.15) is 0 Å². The minimum Gasteiger partial charge on any atom is -0.379 e. The van der Waals surface area contributed by atoms with Crippen molar-refractivity contribution in [3.8, 4) is 11.3 Å². The molecule has 2 aromatic carbocycles. The van der Waals surface area contributed by atoms with Gasteiger partial charge < -0.3 is 9.30 Å². The normalized spacial score (nSPS) is 15.8. The smallest absolute Gasteiger partial charge is 0.190 e. The van der Waals surface area contributed by atoms with Crippen molar-refractivity contribution in [3.63, 3.8) is 0 Å². The molecule has 1 aliphatic rings. The Morgan fingerprint density at radius 2 is 1.69 bits per heavy atom. The number of rotatable bonds is 5. The molecule has 0 aliphatic carbocycles. The van der Waals surface area contributed by atoms with Gasteiger partial charge in [0.15, 0.2) is 4.80 Å². The number of thiazole rings is 1. The number of aryl methyl sites for hydroxylation is 3. The Balaban J connectivity index is 1.71. The zero-order valence-electron chi connectivity index (χ0n) is 17.5. The van der Waals surface area contributed by atoms with Crippen LogP contribution in [0.2, 0.25) is 0 Å². The topological polar surface area (TPSA) is 29.8 Å². The number of hydrogen-bond donors (Lipinski definition) is 0. The molecular weight excluding hydrogens is 378 g/mol. The molecule has 0 atom stereocenters. The van der Waals surface area contributed by atoms with Crippen LogP contribution in [0.5, 0.6) is 0 Å². The predicted octanol–water partition coefficient (Wildman–Crippen LogP) is 4.71. The van der Waals surface area contributed by atoms with Crippen LogP contribution in [0.15, 0.2) is 52.8 Å². The first-order valence-electron chi connectivity index (χ1n) is 10.3. The van der Waals surface area contributed by atoms with E-state index in [-0.39, 0.29) is 0 Å². The SMILES string of the molecule is Cc1ccc(N=c2scc(-c3ccc(C)c(C)c3)n2CCN2CCOCC2)cc1. The largest absolute Gasteiger partial charge is 0.379 e. The van der Waals surface area contributed by atoms with Gasteiger partial charge in [-0.3, -0.25) is 4.90 Å². The van der Waals surface area contributed by atoms with Crippen molar-refractivity contribution >= 4 is 17.0 Å². The molecule has 0 amide bonds. The minimum absolute atomic E-state index is 0.832. The fraction of sp³-hybridized carbons (Fsp3) is 0.375. The van der Waals surface area contributed by atoms with Crippen molar-refractivity contribution in [2.45, 2.75) is 27.3 Å². The Morgan fingerprint density at radius 3 is 2.41 bits per heavy atom. The van der Waals surface area contributed by atoms with Gasteiger partial charge in [0.25, 0.3) is 0 Å². The third kappa shape index (κ3) is 4.86. The lowest BCUT2D eigenvalue weighted by atomic mass is 10.0. The highest BCUT2D eigenvalue weighted by molar-refractivity contribution is 7.07. The van der Waals surface area contributed by atoms with Gasteiger partial charge in [-0.15, -0.1) is 11.3 Å². The van der Waals surface area contributed by atoms with Crippen molar-refractivity contribution in [1.29, 1.82) is 0 Å². The van der Waals surface area contributed by atoms with Gasteiger partial charge >= 0.3 is 0 Å². The number of benzene rings is 2. The molecule has 1 aliphatic heterocycles. The summed E-state index contributed by atoms with van der Waals surface area (Å²) in [6.07, 6.45) is 0. The van der Waals surface area contributed by atoms with Gasteiger partial charge in [-0.05, 0) is 55.7 Å². The molecule has 5 heteroatoms. The van der Waals surface area contributed by atoms with E-state index in [9.17, 15) is 0 Å². The van der Waals surface area contributed by atoms with Crippen molar-refractivity contribution in [2.75, 3.05) is 32.8 Å². The third-order valence-electron chi connectivity index (χ3n) is 5.60. The summed E-state index contributed by atoms with van der Waals surface area (Å²) in [5.74, 6) is 0. The first kappa shape index (κ1) is 20.1. The highest BCUT2D eigenvalue weighted by atomic mass is 32.1. The first-order valence-corrected chi connectivity index (χ1v) is 11.2. The maximum absolute atomic E-state index is 5.50. The second-order valence-electron chi connectivity index (χ2n) is 7.76. The van der Waals surface area contributed by atoms with Crippen LogP contribution in [0.4, 0.5) is 5.69 Å². The standard InChI is InChI=1S/C24H29N3OS/c1-18-4-8-22(9-5-18)25-24-27(11-10-26-12-14-28-15-13-26)23(17-29-24)21-7-6-19(2)20(3)16-21/h4-9,16-17H,10-15H2,1-3H3. The highest BCUT2D eigenvalue weighted by Gasteiger charge is 2.13. The molecule has 4 nitrogen and oxygen atoms in total. The van der Waals surface area contributed by atoms with E-state index in [2.05, 4.69) is 78.1 Å². The second kappa shape index (κ2) is 9.08. The van der Waals surface area contributed by atoms with Crippen molar-refractivity contribution < 1.29 is 4.74 Å². The lowest BCUT2D eigenvalue weighted by Crippen LogP contribution is -2.39. The van der Waals surface area contributed by atoms with Crippen LogP contribution < -0.4 is 4.80 Å². The zero-order chi connectivity index (χ0) is 20.2. The van der Waals surface area contributed by atoms with Gasteiger partial charge in [0, 0.05) is 31.6 Å². The van der Waals surface area contributed by atoms with Crippen molar-refractivity contribution in [1.82, 2.24) is 9.47 Å². The van der Waals surface area contributed by atoms with Crippen molar-refractivity contribution in [3.05, 3.63) is 69.3 Å². The Bertz CT molecular complexity index is 1030. The van der Waals surface area contributed by atoms with Crippen LogP contribution in [0, 0.1) is 20.8 Å². The van der Waals surface area contributed by atoms with E-state index >= 15 is 0 Å². The molecule has 4 rings (SSSR count). The molecule has 152 valence electrons. The zero-order valence-corrected chi connectivity index (χ0v) is 18.3. The molecule has 29 heavy (non-hydrogen) atoms.